The lowest BCUT2D eigenvalue weighted by Gasteiger charge is -2.17. The van der Waals surface area contributed by atoms with Crippen LogP contribution >= 0.6 is 0 Å². The highest BCUT2D eigenvalue weighted by atomic mass is 16.5. The quantitative estimate of drug-likeness (QED) is 0.881. The molecule has 0 radical (unpaired) electrons. The van der Waals surface area contributed by atoms with E-state index in [0.29, 0.717) is 13.0 Å². The number of ether oxygens (including phenoxy) is 1. The molecule has 1 aliphatic heterocycles. The summed E-state index contributed by atoms with van der Waals surface area (Å²) < 4.78 is 7.57. The lowest BCUT2D eigenvalue weighted by atomic mass is 10.0. The Kier molecular flexibility index (Phi) is 4.32. The van der Waals surface area contributed by atoms with Crippen LogP contribution in [0.1, 0.15) is 37.6 Å². The topological polar surface area (TPSA) is 81.9 Å². The predicted molar refractivity (Wildman–Crippen MR) is 80.4 cm³/mol. The molecule has 0 atom stereocenters. The maximum absolute atomic E-state index is 11.3. The molecule has 3 rings (SSSR count). The molecule has 2 heterocycles. The van der Waals surface area contributed by atoms with Crippen LogP contribution in [0.15, 0.2) is 18.2 Å². The van der Waals surface area contributed by atoms with Crippen LogP contribution in [0.2, 0.25) is 0 Å². The molecular weight excluding hydrogens is 282 g/mol. The Hall–Kier alpha value is -2.44. The minimum atomic E-state index is 0.0660. The molecule has 0 saturated carbocycles. The summed E-state index contributed by atoms with van der Waals surface area (Å²) in [6, 6.07) is 5.70. The van der Waals surface area contributed by atoms with Gasteiger partial charge in [0.1, 0.15) is 12.4 Å². The van der Waals surface area contributed by atoms with Gasteiger partial charge in [-0.3, -0.25) is 4.79 Å². The summed E-state index contributed by atoms with van der Waals surface area (Å²) in [5.74, 6) is 1.55. The maximum Gasteiger partial charge on any atom is 0.224 e. The van der Waals surface area contributed by atoms with Crippen molar-refractivity contribution >= 4 is 11.6 Å². The highest BCUT2D eigenvalue weighted by molar-refractivity contribution is 5.93. The first-order valence-electron chi connectivity index (χ1n) is 7.57. The Morgan fingerprint density at radius 2 is 2.27 bits per heavy atom. The third kappa shape index (κ3) is 3.24. The number of nitrogens with one attached hydrogen (secondary N) is 1. The number of tetrazole rings is 1. The Labute approximate surface area is 128 Å². The highest BCUT2D eigenvalue weighted by Gasteiger charge is 2.15. The Bertz CT molecular complexity index is 668. The molecule has 0 saturated heterocycles. The van der Waals surface area contributed by atoms with Gasteiger partial charge in [-0.15, -0.1) is 5.10 Å². The molecule has 0 spiro atoms. The van der Waals surface area contributed by atoms with Crippen molar-refractivity contribution in [3.63, 3.8) is 0 Å². The predicted octanol–water partition coefficient (Wildman–Crippen LogP) is 1.94. The number of hydrogen-bond donors (Lipinski definition) is 1. The molecule has 0 unspecified atom stereocenters. The summed E-state index contributed by atoms with van der Waals surface area (Å²) >= 11 is 0. The molecule has 0 bridgehead atoms. The van der Waals surface area contributed by atoms with E-state index in [9.17, 15) is 4.79 Å². The van der Waals surface area contributed by atoms with Crippen LogP contribution in [0.5, 0.6) is 5.75 Å². The normalized spacial score (nSPS) is 13.6. The standard InChI is InChI=1S/C15H19N5O2/c1-2-3-8-20-14(17-18-19-20)10-22-12-5-6-13-11(9-12)4-7-15(21)16-13/h5-6,9H,2-4,7-8,10H2,1H3,(H,16,21). The van der Waals surface area contributed by atoms with Gasteiger partial charge in [0.05, 0.1) is 0 Å². The van der Waals surface area contributed by atoms with Crippen LogP contribution in [0, 0.1) is 0 Å². The first-order chi connectivity index (χ1) is 10.8. The molecule has 1 aliphatic rings. The van der Waals surface area contributed by atoms with Crippen molar-refractivity contribution < 1.29 is 9.53 Å². The van der Waals surface area contributed by atoms with Gasteiger partial charge in [0.2, 0.25) is 5.91 Å². The fourth-order valence-corrected chi connectivity index (χ4v) is 2.41. The molecule has 2 aromatic rings. The maximum atomic E-state index is 11.3. The van der Waals surface area contributed by atoms with Gasteiger partial charge in [-0.25, -0.2) is 4.68 Å². The number of amides is 1. The summed E-state index contributed by atoms with van der Waals surface area (Å²) in [6.45, 7) is 3.27. The van der Waals surface area contributed by atoms with E-state index in [4.69, 9.17) is 4.74 Å². The third-order valence-electron chi connectivity index (χ3n) is 3.67. The van der Waals surface area contributed by atoms with Gasteiger partial charge in [0.15, 0.2) is 5.82 Å². The van der Waals surface area contributed by atoms with Crippen molar-refractivity contribution in [2.45, 2.75) is 45.8 Å². The number of anilines is 1. The van der Waals surface area contributed by atoms with Crippen molar-refractivity contribution in [2.75, 3.05) is 5.32 Å². The van der Waals surface area contributed by atoms with Gasteiger partial charge in [0, 0.05) is 18.7 Å². The van der Waals surface area contributed by atoms with Crippen LogP contribution in [-0.2, 0) is 24.4 Å². The molecule has 0 aliphatic carbocycles. The Morgan fingerprint density at radius 3 is 3.14 bits per heavy atom. The molecule has 1 amide bonds. The van der Waals surface area contributed by atoms with Gasteiger partial charge in [-0.2, -0.15) is 0 Å². The van der Waals surface area contributed by atoms with E-state index in [1.54, 1.807) is 4.68 Å². The second-order valence-corrected chi connectivity index (χ2v) is 5.33. The number of aromatic nitrogens is 4. The van der Waals surface area contributed by atoms with E-state index >= 15 is 0 Å². The number of unbranched alkanes of at least 4 members (excludes halogenated alkanes) is 1. The van der Waals surface area contributed by atoms with Crippen LogP contribution < -0.4 is 10.1 Å². The van der Waals surface area contributed by atoms with Crippen molar-refractivity contribution in [1.82, 2.24) is 20.2 Å². The van der Waals surface area contributed by atoms with E-state index in [-0.39, 0.29) is 5.91 Å². The molecule has 1 aromatic heterocycles. The van der Waals surface area contributed by atoms with Crippen LogP contribution in [0.3, 0.4) is 0 Å². The molecule has 116 valence electrons. The van der Waals surface area contributed by atoms with Gasteiger partial charge in [-0.1, -0.05) is 13.3 Å². The lowest BCUT2D eigenvalue weighted by molar-refractivity contribution is -0.116. The van der Waals surface area contributed by atoms with Crippen LogP contribution in [0.25, 0.3) is 0 Å². The van der Waals surface area contributed by atoms with Crippen LogP contribution in [-0.4, -0.2) is 26.1 Å². The van der Waals surface area contributed by atoms with Gasteiger partial charge >= 0.3 is 0 Å². The summed E-state index contributed by atoms with van der Waals surface area (Å²) in [5.41, 5.74) is 1.97. The monoisotopic (exact) mass is 301 g/mol. The highest BCUT2D eigenvalue weighted by Crippen LogP contribution is 2.27. The van der Waals surface area contributed by atoms with Crippen molar-refractivity contribution in [3.05, 3.63) is 29.6 Å². The van der Waals surface area contributed by atoms with Gasteiger partial charge in [-0.05, 0) is 47.0 Å². The number of rotatable bonds is 6. The summed E-state index contributed by atoms with van der Waals surface area (Å²) in [6.07, 6.45) is 3.39. The van der Waals surface area contributed by atoms with Gasteiger partial charge in [0.25, 0.3) is 0 Å². The number of hydrogen-bond acceptors (Lipinski definition) is 5. The molecule has 7 heteroatoms. The summed E-state index contributed by atoms with van der Waals surface area (Å²) in [7, 11) is 0. The lowest BCUT2D eigenvalue weighted by Crippen LogP contribution is -2.18. The Morgan fingerprint density at radius 1 is 1.36 bits per heavy atom. The van der Waals surface area contributed by atoms with E-state index in [1.807, 2.05) is 18.2 Å². The number of carbonyl (C=O) groups is 1. The number of fused-ring (bicyclic) bond motifs is 1. The Balaban J connectivity index is 1.65. The average molecular weight is 301 g/mol. The minimum absolute atomic E-state index is 0.0660. The smallest absolute Gasteiger partial charge is 0.224 e. The molecule has 1 aromatic carbocycles. The van der Waals surface area contributed by atoms with Crippen molar-refractivity contribution in [3.8, 4) is 5.75 Å². The molecule has 1 N–H and O–H groups in total. The van der Waals surface area contributed by atoms with E-state index < -0.39 is 0 Å². The van der Waals surface area contributed by atoms with Gasteiger partial charge < -0.3 is 10.1 Å². The number of carbonyl (C=O) groups excluding carboxylic acids is 1. The zero-order chi connectivity index (χ0) is 15.4. The first kappa shape index (κ1) is 14.5. The average Bonchev–Trinajstić information content (AvgIpc) is 2.98. The summed E-state index contributed by atoms with van der Waals surface area (Å²) in [5, 5.41) is 14.5. The number of benzene rings is 1. The number of aryl methyl sites for hydroxylation is 2. The zero-order valence-electron chi connectivity index (χ0n) is 12.6. The zero-order valence-corrected chi connectivity index (χ0v) is 12.6. The van der Waals surface area contributed by atoms with Crippen LogP contribution in [0.4, 0.5) is 5.69 Å². The molecule has 7 nitrogen and oxygen atoms in total. The van der Waals surface area contributed by atoms with E-state index in [2.05, 4.69) is 27.8 Å². The molecular formula is C15H19N5O2. The van der Waals surface area contributed by atoms with E-state index in [0.717, 1.165) is 48.6 Å². The SMILES string of the molecule is CCCCn1nnnc1COc1ccc2c(c1)CCC(=O)N2. The molecule has 0 fully saturated rings. The first-order valence-corrected chi connectivity index (χ1v) is 7.57. The third-order valence-corrected chi connectivity index (χ3v) is 3.67. The number of nitrogens with zero attached hydrogens (tertiary/aromatic N) is 4. The van der Waals surface area contributed by atoms with Crippen molar-refractivity contribution in [2.24, 2.45) is 0 Å². The fraction of sp³-hybridized carbons (Fsp3) is 0.467. The second-order valence-electron chi connectivity index (χ2n) is 5.33. The summed E-state index contributed by atoms with van der Waals surface area (Å²) in [4.78, 5) is 11.3. The largest absolute Gasteiger partial charge is 0.486 e. The van der Waals surface area contributed by atoms with E-state index in [1.165, 1.54) is 0 Å². The minimum Gasteiger partial charge on any atom is -0.486 e. The van der Waals surface area contributed by atoms with Crippen molar-refractivity contribution in [1.29, 1.82) is 0 Å². The molecule has 22 heavy (non-hydrogen) atoms. The fourth-order valence-electron chi connectivity index (χ4n) is 2.41. The second kappa shape index (κ2) is 6.55.